The van der Waals surface area contributed by atoms with Gasteiger partial charge < -0.3 is 10.6 Å². The number of rotatable bonds is 2. The van der Waals surface area contributed by atoms with Crippen molar-refractivity contribution in [2.45, 2.75) is 32.7 Å². The summed E-state index contributed by atoms with van der Waals surface area (Å²) >= 11 is 0. The fourth-order valence-electron chi connectivity index (χ4n) is 2.29. The molecule has 0 bridgehead atoms. The van der Waals surface area contributed by atoms with E-state index in [2.05, 4.69) is 19.8 Å². The third kappa shape index (κ3) is 3.24. The Labute approximate surface area is 92.0 Å². The average molecular weight is 208 g/mol. The summed E-state index contributed by atoms with van der Waals surface area (Å²) in [6, 6.07) is -0.521. The van der Waals surface area contributed by atoms with Crippen LogP contribution in [0.1, 0.15) is 26.7 Å². The van der Waals surface area contributed by atoms with Gasteiger partial charge in [-0.1, -0.05) is 13.8 Å². The van der Waals surface area contributed by atoms with Gasteiger partial charge in [-0.15, -0.1) is 12.3 Å². The standard InChI is InChI=1S/C12H20N2O/c1-4-5-11(13)12(15)14-7-9(2)6-10(3)8-14/h1,9-11H,5-8,13H2,2-3H3. The van der Waals surface area contributed by atoms with Gasteiger partial charge in [0, 0.05) is 19.5 Å². The molecular weight excluding hydrogens is 188 g/mol. The molecule has 1 amide bonds. The molecule has 3 atom stereocenters. The maximum Gasteiger partial charge on any atom is 0.240 e. The van der Waals surface area contributed by atoms with E-state index in [1.807, 2.05) is 4.90 Å². The highest BCUT2D eigenvalue weighted by Gasteiger charge is 2.27. The van der Waals surface area contributed by atoms with Crippen LogP contribution in [-0.2, 0) is 4.79 Å². The minimum absolute atomic E-state index is 0.00588. The summed E-state index contributed by atoms with van der Waals surface area (Å²) in [4.78, 5) is 13.7. The van der Waals surface area contributed by atoms with Crippen molar-refractivity contribution in [2.75, 3.05) is 13.1 Å². The number of hydrogen-bond acceptors (Lipinski definition) is 2. The summed E-state index contributed by atoms with van der Waals surface area (Å²) in [7, 11) is 0. The van der Waals surface area contributed by atoms with Crippen LogP contribution in [-0.4, -0.2) is 29.9 Å². The lowest BCUT2D eigenvalue weighted by atomic mass is 9.91. The summed E-state index contributed by atoms with van der Waals surface area (Å²) in [5, 5.41) is 0. The number of nitrogens with two attached hydrogens (primary N) is 1. The summed E-state index contributed by atoms with van der Waals surface area (Å²) in [6.07, 6.45) is 6.67. The third-order valence-electron chi connectivity index (χ3n) is 2.84. The quantitative estimate of drug-likeness (QED) is 0.684. The fourth-order valence-corrected chi connectivity index (χ4v) is 2.29. The monoisotopic (exact) mass is 208 g/mol. The molecule has 1 fully saturated rings. The van der Waals surface area contributed by atoms with Crippen molar-refractivity contribution in [1.29, 1.82) is 0 Å². The molecule has 1 heterocycles. The van der Waals surface area contributed by atoms with E-state index in [0.717, 1.165) is 13.1 Å². The first-order valence-corrected chi connectivity index (χ1v) is 5.52. The van der Waals surface area contributed by atoms with E-state index in [-0.39, 0.29) is 5.91 Å². The second kappa shape index (κ2) is 5.18. The van der Waals surface area contributed by atoms with Gasteiger partial charge in [-0.25, -0.2) is 0 Å². The molecule has 3 heteroatoms. The summed E-state index contributed by atoms with van der Waals surface area (Å²) in [6.45, 7) is 5.98. The van der Waals surface area contributed by atoms with Crippen molar-refractivity contribution in [3.05, 3.63) is 0 Å². The Morgan fingerprint density at radius 1 is 1.53 bits per heavy atom. The molecule has 0 aliphatic carbocycles. The molecule has 0 spiro atoms. The molecule has 15 heavy (non-hydrogen) atoms. The van der Waals surface area contributed by atoms with Crippen molar-refractivity contribution in [3.63, 3.8) is 0 Å². The number of carbonyl (C=O) groups excluding carboxylic acids is 1. The first kappa shape index (κ1) is 12.1. The van der Waals surface area contributed by atoms with Crippen molar-refractivity contribution in [1.82, 2.24) is 4.90 Å². The molecule has 0 radical (unpaired) electrons. The lowest BCUT2D eigenvalue weighted by molar-refractivity contribution is -0.135. The summed E-state index contributed by atoms with van der Waals surface area (Å²) < 4.78 is 0. The van der Waals surface area contributed by atoms with Crippen molar-refractivity contribution < 1.29 is 4.79 Å². The van der Waals surface area contributed by atoms with Crippen molar-refractivity contribution >= 4 is 5.91 Å². The predicted molar refractivity (Wildman–Crippen MR) is 61.0 cm³/mol. The Hall–Kier alpha value is -1.01. The molecule has 0 aromatic rings. The lowest BCUT2D eigenvalue weighted by Crippen LogP contribution is -2.49. The zero-order valence-corrected chi connectivity index (χ0v) is 9.57. The topological polar surface area (TPSA) is 46.3 Å². The molecule has 1 saturated heterocycles. The van der Waals surface area contributed by atoms with E-state index in [9.17, 15) is 4.79 Å². The minimum atomic E-state index is -0.521. The molecule has 84 valence electrons. The van der Waals surface area contributed by atoms with Crippen molar-refractivity contribution in [3.8, 4) is 12.3 Å². The molecule has 1 aliphatic rings. The summed E-state index contributed by atoms with van der Waals surface area (Å²) in [5.74, 6) is 3.57. The highest BCUT2D eigenvalue weighted by Crippen LogP contribution is 2.21. The highest BCUT2D eigenvalue weighted by molar-refractivity contribution is 5.82. The molecule has 0 aromatic heterocycles. The minimum Gasteiger partial charge on any atom is -0.341 e. The van der Waals surface area contributed by atoms with Gasteiger partial charge in [0.25, 0.3) is 0 Å². The van der Waals surface area contributed by atoms with Crippen LogP contribution < -0.4 is 5.73 Å². The molecule has 0 aromatic carbocycles. The highest BCUT2D eigenvalue weighted by atomic mass is 16.2. The maximum absolute atomic E-state index is 11.9. The number of terminal acetylenes is 1. The largest absolute Gasteiger partial charge is 0.341 e. The average Bonchev–Trinajstić information content (AvgIpc) is 2.15. The van der Waals surface area contributed by atoms with E-state index in [0.29, 0.717) is 18.3 Å². The van der Waals surface area contributed by atoms with Crippen LogP contribution >= 0.6 is 0 Å². The Morgan fingerprint density at radius 2 is 2.07 bits per heavy atom. The normalized spacial score (nSPS) is 28.3. The van der Waals surface area contributed by atoms with Crippen LogP contribution in [0, 0.1) is 24.2 Å². The Kier molecular flexibility index (Phi) is 4.16. The summed E-state index contributed by atoms with van der Waals surface area (Å²) in [5.41, 5.74) is 5.72. The zero-order chi connectivity index (χ0) is 11.4. The van der Waals surface area contributed by atoms with Crippen LogP contribution in [0.25, 0.3) is 0 Å². The van der Waals surface area contributed by atoms with Crippen LogP contribution in [0.2, 0.25) is 0 Å². The van der Waals surface area contributed by atoms with Gasteiger partial charge in [-0.2, -0.15) is 0 Å². The molecule has 1 rings (SSSR count). The zero-order valence-electron chi connectivity index (χ0n) is 9.57. The molecule has 2 N–H and O–H groups in total. The van der Waals surface area contributed by atoms with Gasteiger partial charge in [0.2, 0.25) is 5.91 Å². The van der Waals surface area contributed by atoms with Crippen LogP contribution in [0.5, 0.6) is 0 Å². The number of piperidine rings is 1. The molecule has 1 aliphatic heterocycles. The van der Waals surface area contributed by atoms with E-state index < -0.39 is 6.04 Å². The molecule has 3 unspecified atom stereocenters. The number of hydrogen-bond donors (Lipinski definition) is 1. The van der Waals surface area contributed by atoms with E-state index in [1.165, 1.54) is 6.42 Å². The smallest absolute Gasteiger partial charge is 0.240 e. The molecule has 3 nitrogen and oxygen atoms in total. The second-order valence-electron chi connectivity index (χ2n) is 4.70. The lowest BCUT2D eigenvalue weighted by Gasteiger charge is -2.36. The third-order valence-corrected chi connectivity index (χ3v) is 2.84. The Balaban J connectivity index is 2.55. The van der Waals surface area contributed by atoms with E-state index in [4.69, 9.17) is 12.2 Å². The first-order chi connectivity index (χ1) is 7.04. The van der Waals surface area contributed by atoms with Crippen LogP contribution in [0.3, 0.4) is 0 Å². The number of carbonyl (C=O) groups is 1. The predicted octanol–water partition coefficient (Wildman–Crippen LogP) is 0.841. The fraction of sp³-hybridized carbons (Fsp3) is 0.750. The Bertz CT molecular complexity index is 259. The van der Waals surface area contributed by atoms with E-state index >= 15 is 0 Å². The maximum atomic E-state index is 11.9. The Morgan fingerprint density at radius 3 is 2.53 bits per heavy atom. The number of nitrogens with zero attached hydrogens (tertiary/aromatic N) is 1. The van der Waals surface area contributed by atoms with Gasteiger partial charge in [0.15, 0.2) is 0 Å². The SMILES string of the molecule is C#CCC(N)C(=O)N1CC(C)CC(C)C1. The first-order valence-electron chi connectivity index (χ1n) is 5.52. The van der Waals surface area contributed by atoms with Crippen molar-refractivity contribution in [2.24, 2.45) is 17.6 Å². The van der Waals surface area contributed by atoms with Gasteiger partial charge in [0.1, 0.15) is 0 Å². The van der Waals surface area contributed by atoms with Gasteiger partial charge in [-0.3, -0.25) is 4.79 Å². The van der Waals surface area contributed by atoms with Crippen LogP contribution in [0.15, 0.2) is 0 Å². The second-order valence-corrected chi connectivity index (χ2v) is 4.70. The van der Waals surface area contributed by atoms with E-state index in [1.54, 1.807) is 0 Å². The number of amides is 1. The van der Waals surface area contributed by atoms with Gasteiger partial charge in [-0.05, 0) is 18.3 Å². The molecular formula is C12H20N2O. The van der Waals surface area contributed by atoms with Crippen LogP contribution in [0.4, 0.5) is 0 Å². The van der Waals surface area contributed by atoms with Gasteiger partial charge >= 0.3 is 0 Å². The number of likely N-dealkylation sites (tertiary alicyclic amines) is 1. The van der Waals surface area contributed by atoms with Gasteiger partial charge in [0.05, 0.1) is 6.04 Å². The molecule has 0 saturated carbocycles.